The van der Waals surface area contributed by atoms with E-state index in [4.69, 9.17) is 9.47 Å². The first-order chi connectivity index (χ1) is 13.8. The summed E-state index contributed by atoms with van der Waals surface area (Å²) < 4.78 is 11.7. The Morgan fingerprint density at radius 2 is 1.90 bits per heavy atom. The van der Waals surface area contributed by atoms with Gasteiger partial charge in [0, 0.05) is 17.8 Å². The number of amides is 1. The van der Waals surface area contributed by atoms with Gasteiger partial charge in [-0.25, -0.2) is 4.79 Å². The summed E-state index contributed by atoms with van der Waals surface area (Å²) in [5.74, 6) is 0.790. The number of rotatable bonds is 8. The molecular formula is C23H37ClN2O3. The topological polar surface area (TPSA) is 50.8 Å². The number of anilines is 1. The number of halogens is 1. The number of unbranched alkanes of at least 4 members (excludes halogenated alkanes) is 2. The molecule has 1 heterocycles. The lowest BCUT2D eigenvalue weighted by Gasteiger charge is -2.41. The van der Waals surface area contributed by atoms with Gasteiger partial charge in [-0.15, -0.1) is 12.4 Å². The molecule has 1 amide bonds. The molecular weight excluding hydrogens is 388 g/mol. The molecule has 164 valence electrons. The van der Waals surface area contributed by atoms with Gasteiger partial charge in [0.05, 0.1) is 6.61 Å². The van der Waals surface area contributed by atoms with Crippen LogP contribution in [0, 0.1) is 0 Å². The molecule has 3 rings (SSSR count). The number of hydrogen-bond donors (Lipinski definition) is 1. The Bertz CT molecular complexity index is 608. The van der Waals surface area contributed by atoms with E-state index in [0.29, 0.717) is 12.6 Å². The van der Waals surface area contributed by atoms with Crippen LogP contribution in [0.2, 0.25) is 0 Å². The Balaban J connectivity index is 0.00000300. The Morgan fingerprint density at radius 3 is 2.69 bits per heavy atom. The summed E-state index contributed by atoms with van der Waals surface area (Å²) in [7, 11) is 0. The first-order valence-electron chi connectivity index (χ1n) is 11.2. The number of ether oxygens (including phenoxy) is 2. The summed E-state index contributed by atoms with van der Waals surface area (Å²) in [6, 6.07) is 7.96. The van der Waals surface area contributed by atoms with Gasteiger partial charge in [0.25, 0.3) is 0 Å². The smallest absolute Gasteiger partial charge is 0.411 e. The molecule has 1 N–H and O–H groups in total. The predicted molar refractivity (Wildman–Crippen MR) is 120 cm³/mol. The van der Waals surface area contributed by atoms with E-state index in [0.717, 1.165) is 50.2 Å². The van der Waals surface area contributed by atoms with Crippen LogP contribution < -0.4 is 10.1 Å². The molecule has 0 bridgehead atoms. The molecule has 1 aliphatic heterocycles. The molecule has 0 spiro atoms. The van der Waals surface area contributed by atoms with E-state index in [1.807, 2.05) is 24.3 Å². The summed E-state index contributed by atoms with van der Waals surface area (Å²) in [6.45, 7) is 5.17. The zero-order valence-corrected chi connectivity index (χ0v) is 18.6. The second-order valence-electron chi connectivity index (χ2n) is 8.10. The molecule has 2 atom stereocenters. The molecule has 5 nitrogen and oxygen atoms in total. The Kier molecular flexibility index (Phi) is 10.6. The molecule has 1 saturated carbocycles. The normalized spacial score (nSPS) is 22.4. The third-order valence-corrected chi connectivity index (χ3v) is 5.88. The van der Waals surface area contributed by atoms with Crippen molar-refractivity contribution in [2.24, 2.45) is 0 Å². The van der Waals surface area contributed by atoms with E-state index < -0.39 is 0 Å². The van der Waals surface area contributed by atoms with Crippen LogP contribution in [0.4, 0.5) is 10.5 Å². The highest BCUT2D eigenvalue weighted by molar-refractivity contribution is 5.85. The fourth-order valence-corrected chi connectivity index (χ4v) is 4.37. The lowest BCUT2D eigenvalue weighted by molar-refractivity contribution is 0.00174. The van der Waals surface area contributed by atoms with Gasteiger partial charge < -0.3 is 9.47 Å². The van der Waals surface area contributed by atoms with Crippen molar-refractivity contribution in [3.63, 3.8) is 0 Å². The highest BCUT2D eigenvalue weighted by Gasteiger charge is 2.33. The summed E-state index contributed by atoms with van der Waals surface area (Å²) >= 11 is 0. The van der Waals surface area contributed by atoms with Crippen molar-refractivity contribution in [3.8, 4) is 5.75 Å². The van der Waals surface area contributed by atoms with Gasteiger partial charge >= 0.3 is 6.09 Å². The van der Waals surface area contributed by atoms with Gasteiger partial charge in [-0.3, -0.25) is 10.2 Å². The lowest BCUT2D eigenvalue weighted by atomic mass is 9.90. The summed E-state index contributed by atoms with van der Waals surface area (Å²) in [5, 5.41) is 2.90. The van der Waals surface area contributed by atoms with Gasteiger partial charge in [-0.05, 0) is 63.7 Å². The molecule has 29 heavy (non-hydrogen) atoms. The summed E-state index contributed by atoms with van der Waals surface area (Å²) in [5.41, 5.74) is 0.725. The average molecular weight is 425 g/mol. The van der Waals surface area contributed by atoms with Gasteiger partial charge in [0.15, 0.2) is 0 Å². The molecule has 2 fully saturated rings. The van der Waals surface area contributed by atoms with Gasteiger partial charge in [-0.1, -0.05) is 38.7 Å². The molecule has 2 unspecified atom stereocenters. The Morgan fingerprint density at radius 1 is 1.10 bits per heavy atom. The standard InChI is InChI=1S/C23H36N2O3.ClH/c1-2-3-9-17-27-20-12-10-11-19(18-20)24-23(26)28-22-14-6-5-13-21(22)25-15-7-4-8-16-25;/h10-12,18,21-22H,2-9,13-17H2,1H3,(H,24,26);1H. The first-order valence-corrected chi connectivity index (χ1v) is 11.2. The van der Waals surface area contributed by atoms with Crippen LogP contribution in [0.1, 0.15) is 71.1 Å². The third kappa shape index (κ3) is 7.71. The van der Waals surface area contributed by atoms with Crippen LogP contribution in [-0.2, 0) is 4.74 Å². The van der Waals surface area contributed by atoms with Crippen molar-refractivity contribution in [2.75, 3.05) is 25.0 Å². The summed E-state index contributed by atoms with van der Waals surface area (Å²) in [4.78, 5) is 15.1. The van der Waals surface area contributed by atoms with E-state index in [1.165, 1.54) is 38.5 Å². The minimum absolute atomic E-state index is 0. The number of nitrogens with one attached hydrogen (secondary N) is 1. The number of benzene rings is 1. The van der Waals surface area contributed by atoms with Gasteiger partial charge in [0.2, 0.25) is 0 Å². The number of carbonyl (C=O) groups excluding carboxylic acids is 1. The quantitative estimate of drug-likeness (QED) is 0.518. The molecule has 1 saturated heterocycles. The van der Waals surface area contributed by atoms with Crippen LogP contribution in [0.25, 0.3) is 0 Å². The van der Waals surface area contributed by atoms with E-state index in [2.05, 4.69) is 17.1 Å². The highest BCUT2D eigenvalue weighted by atomic mass is 35.5. The third-order valence-electron chi connectivity index (χ3n) is 5.88. The highest BCUT2D eigenvalue weighted by Crippen LogP contribution is 2.28. The molecule has 0 radical (unpaired) electrons. The van der Waals surface area contributed by atoms with E-state index in [1.54, 1.807) is 0 Å². The van der Waals surface area contributed by atoms with Crippen LogP contribution in [-0.4, -0.2) is 42.8 Å². The minimum Gasteiger partial charge on any atom is -0.494 e. The molecule has 2 aliphatic rings. The molecule has 0 aromatic heterocycles. The van der Waals surface area contributed by atoms with Crippen molar-refractivity contribution in [3.05, 3.63) is 24.3 Å². The van der Waals surface area contributed by atoms with Gasteiger partial charge in [0.1, 0.15) is 11.9 Å². The molecule has 1 aromatic rings. The first kappa shape index (κ1) is 23.8. The largest absolute Gasteiger partial charge is 0.494 e. The summed E-state index contributed by atoms with van der Waals surface area (Å²) in [6.07, 6.45) is 11.4. The number of carbonyl (C=O) groups is 1. The number of piperidine rings is 1. The number of likely N-dealkylation sites (tertiary alicyclic amines) is 1. The van der Waals surface area contributed by atoms with Gasteiger partial charge in [-0.2, -0.15) is 0 Å². The Labute approximate surface area is 181 Å². The monoisotopic (exact) mass is 424 g/mol. The van der Waals surface area contributed by atoms with Crippen molar-refractivity contribution in [1.82, 2.24) is 4.90 Å². The maximum Gasteiger partial charge on any atom is 0.411 e. The van der Waals surface area contributed by atoms with Crippen molar-refractivity contribution < 1.29 is 14.3 Å². The van der Waals surface area contributed by atoms with Crippen molar-refractivity contribution in [1.29, 1.82) is 0 Å². The Hall–Kier alpha value is -1.46. The fraction of sp³-hybridized carbons (Fsp3) is 0.696. The van der Waals surface area contributed by atoms with Crippen LogP contribution in [0.15, 0.2) is 24.3 Å². The van der Waals surface area contributed by atoms with E-state index >= 15 is 0 Å². The zero-order chi connectivity index (χ0) is 19.6. The second-order valence-corrected chi connectivity index (χ2v) is 8.10. The lowest BCUT2D eigenvalue weighted by Crippen LogP contribution is -2.49. The zero-order valence-electron chi connectivity index (χ0n) is 17.7. The maximum atomic E-state index is 12.5. The van der Waals surface area contributed by atoms with E-state index in [-0.39, 0.29) is 24.6 Å². The predicted octanol–water partition coefficient (Wildman–Crippen LogP) is 6.02. The van der Waals surface area contributed by atoms with Crippen molar-refractivity contribution in [2.45, 2.75) is 83.3 Å². The number of hydrogen-bond acceptors (Lipinski definition) is 4. The number of nitrogens with zero attached hydrogens (tertiary/aromatic N) is 1. The van der Waals surface area contributed by atoms with Crippen LogP contribution in [0.3, 0.4) is 0 Å². The molecule has 6 heteroatoms. The minimum atomic E-state index is -0.350. The van der Waals surface area contributed by atoms with E-state index in [9.17, 15) is 4.79 Å². The molecule has 1 aliphatic carbocycles. The maximum absolute atomic E-state index is 12.5. The SMILES string of the molecule is CCCCCOc1cccc(NC(=O)OC2CCCCC2N2CCCCC2)c1.Cl. The second kappa shape index (κ2) is 13.0. The van der Waals surface area contributed by atoms with Crippen LogP contribution >= 0.6 is 12.4 Å². The fourth-order valence-electron chi connectivity index (χ4n) is 4.37. The van der Waals surface area contributed by atoms with Crippen molar-refractivity contribution >= 4 is 24.2 Å². The van der Waals surface area contributed by atoms with Crippen LogP contribution in [0.5, 0.6) is 5.75 Å². The average Bonchev–Trinajstić information content (AvgIpc) is 2.72. The molecule has 1 aromatic carbocycles.